The third kappa shape index (κ3) is 1.28. The summed E-state index contributed by atoms with van der Waals surface area (Å²) < 4.78 is 1.45. The average Bonchev–Trinajstić information content (AvgIpc) is 2.27. The van der Waals surface area contributed by atoms with Gasteiger partial charge in [-0.25, -0.2) is 14.1 Å². The van der Waals surface area contributed by atoms with Crippen LogP contribution in [0.3, 0.4) is 0 Å². The monoisotopic (exact) mass is 214 g/mol. The third-order valence-corrected chi connectivity index (χ3v) is 2.47. The minimum Gasteiger partial charge on any atom is -0.221 e. The fourth-order valence-corrected chi connectivity index (χ4v) is 1.70. The lowest BCUT2D eigenvalue weighted by atomic mass is 10.3. The molecule has 0 N–H and O–H groups in total. The number of hydrogen-bond donors (Lipinski definition) is 1. The van der Waals surface area contributed by atoms with E-state index in [1.54, 1.807) is 6.92 Å². The summed E-state index contributed by atoms with van der Waals surface area (Å²) in [6.45, 7) is 3.64. The molecule has 4 nitrogen and oxygen atoms in total. The second-order valence-electron chi connectivity index (χ2n) is 2.74. The normalized spacial score (nSPS) is 11.1. The van der Waals surface area contributed by atoms with Gasteiger partial charge in [0, 0.05) is 0 Å². The first kappa shape index (κ1) is 8.77. The molecule has 0 spiro atoms. The van der Waals surface area contributed by atoms with Crippen LogP contribution in [-0.4, -0.2) is 19.2 Å². The molecule has 0 aliphatic heterocycles. The lowest BCUT2D eigenvalue weighted by Crippen LogP contribution is -1.88. The number of rotatable bonds is 0. The van der Waals surface area contributed by atoms with Crippen molar-refractivity contribution in [1.82, 2.24) is 19.2 Å². The third-order valence-electron chi connectivity index (χ3n) is 1.81. The zero-order chi connectivity index (χ0) is 9.59. The van der Waals surface area contributed by atoms with Crippen molar-refractivity contribution in [2.75, 3.05) is 0 Å². The Balaban J connectivity index is 2.94. The van der Waals surface area contributed by atoms with Crippen LogP contribution >= 0.6 is 24.4 Å². The van der Waals surface area contributed by atoms with Crippen molar-refractivity contribution in [1.29, 1.82) is 0 Å². The standard InChI is InChI=1S/C7H7ClN4S/c1-3-5-6(8)9-4(2)10-7(5)11-12(3)13/h13H,1-2H3. The van der Waals surface area contributed by atoms with Gasteiger partial charge in [0.1, 0.15) is 11.0 Å². The summed E-state index contributed by atoms with van der Waals surface area (Å²) in [5.41, 5.74) is 1.44. The summed E-state index contributed by atoms with van der Waals surface area (Å²) >= 11 is 10.1. The Bertz CT molecular complexity index is 479. The van der Waals surface area contributed by atoms with E-state index in [0.717, 1.165) is 11.1 Å². The van der Waals surface area contributed by atoms with E-state index in [-0.39, 0.29) is 0 Å². The van der Waals surface area contributed by atoms with Crippen molar-refractivity contribution in [3.8, 4) is 0 Å². The van der Waals surface area contributed by atoms with E-state index < -0.39 is 0 Å². The highest BCUT2D eigenvalue weighted by molar-refractivity contribution is 7.78. The molecule has 0 amide bonds. The van der Waals surface area contributed by atoms with Gasteiger partial charge < -0.3 is 0 Å². The maximum absolute atomic E-state index is 5.94. The summed E-state index contributed by atoms with van der Waals surface area (Å²) in [7, 11) is 0. The second-order valence-corrected chi connectivity index (χ2v) is 3.47. The Morgan fingerprint density at radius 1 is 1.31 bits per heavy atom. The highest BCUT2D eigenvalue weighted by atomic mass is 35.5. The van der Waals surface area contributed by atoms with Gasteiger partial charge >= 0.3 is 0 Å². The molecule has 2 heterocycles. The molecule has 13 heavy (non-hydrogen) atoms. The molecule has 2 aromatic rings. The zero-order valence-electron chi connectivity index (χ0n) is 7.11. The summed E-state index contributed by atoms with van der Waals surface area (Å²) in [5, 5.41) is 5.28. The van der Waals surface area contributed by atoms with E-state index in [4.69, 9.17) is 11.6 Å². The van der Waals surface area contributed by atoms with Crippen LogP contribution in [0.15, 0.2) is 0 Å². The molecule has 0 unspecified atom stereocenters. The van der Waals surface area contributed by atoms with Gasteiger partial charge in [-0.3, -0.25) is 0 Å². The summed E-state index contributed by atoms with van der Waals surface area (Å²) in [6, 6.07) is 0. The number of hydrogen-bond acceptors (Lipinski definition) is 4. The fraction of sp³-hybridized carbons (Fsp3) is 0.286. The average molecular weight is 215 g/mol. The maximum atomic E-state index is 5.94. The van der Waals surface area contributed by atoms with Gasteiger partial charge in [-0.05, 0) is 26.7 Å². The predicted molar refractivity (Wildman–Crippen MR) is 54.2 cm³/mol. The lowest BCUT2D eigenvalue weighted by Gasteiger charge is -1.94. The Hall–Kier alpha value is -0.810. The van der Waals surface area contributed by atoms with Gasteiger partial charge in [0.05, 0.1) is 11.1 Å². The van der Waals surface area contributed by atoms with Crippen LogP contribution in [0.5, 0.6) is 0 Å². The second kappa shape index (κ2) is 2.85. The van der Waals surface area contributed by atoms with Crippen LogP contribution in [0.1, 0.15) is 11.5 Å². The minimum atomic E-state index is 0.431. The quantitative estimate of drug-likeness (QED) is 0.537. The number of aromatic nitrogens is 4. The Morgan fingerprint density at radius 3 is 2.69 bits per heavy atom. The number of fused-ring (bicyclic) bond motifs is 1. The van der Waals surface area contributed by atoms with E-state index in [0.29, 0.717) is 16.6 Å². The van der Waals surface area contributed by atoms with Crippen molar-refractivity contribution in [2.24, 2.45) is 0 Å². The summed E-state index contributed by atoms with van der Waals surface area (Å²) in [4.78, 5) is 8.18. The number of thiol groups is 1. The molecule has 0 atom stereocenters. The first-order valence-electron chi connectivity index (χ1n) is 3.68. The van der Waals surface area contributed by atoms with Gasteiger partial charge in [0.2, 0.25) is 0 Å². The summed E-state index contributed by atoms with van der Waals surface area (Å²) in [6.07, 6.45) is 0. The Morgan fingerprint density at radius 2 is 2.00 bits per heavy atom. The first-order chi connectivity index (χ1) is 6.09. The SMILES string of the molecule is Cc1nc(Cl)c2c(C)n(S)nc2n1. The van der Waals surface area contributed by atoms with E-state index in [1.807, 2.05) is 6.92 Å². The van der Waals surface area contributed by atoms with Gasteiger partial charge in [-0.15, -0.1) is 5.10 Å². The molecule has 6 heteroatoms. The molecular weight excluding hydrogens is 208 g/mol. The van der Waals surface area contributed by atoms with Crippen LogP contribution < -0.4 is 0 Å². The predicted octanol–water partition coefficient (Wildman–Crippen LogP) is 1.79. The fourth-order valence-electron chi connectivity index (χ4n) is 1.17. The van der Waals surface area contributed by atoms with Gasteiger partial charge in [-0.1, -0.05) is 11.6 Å². The zero-order valence-corrected chi connectivity index (χ0v) is 8.76. The molecule has 0 bridgehead atoms. The van der Waals surface area contributed by atoms with Gasteiger partial charge in [-0.2, -0.15) is 0 Å². The van der Waals surface area contributed by atoms with Crippen molar-refractivity contribution >= 4 is 35.4 Å². The number of halogens is 1. The van der Waals surface area contributed by atoms with E-state index in [1.165, 1.54) is 4.09 Å². The largest absolute Gasteiger partial charge is 0.221 e. The molecule has 0 saturated heterocycles. The number of nitrogens with zero attached hydrogens (tertiary/aromatic N) is 4. The molecule has 0 saturated carbocycles. The lowest BCUT2D eigenvalue weighted by molar-refractivity contribution is 0.980. The van der Waals surface area contributed by atoms with Gasteiger partial charge in [0.25, 0.3) is 0 Å². The molecule has 0 fully saturated rings. The highest BCUT2D eigenvalue weighted by Crippen LogP contribution is 2.23. The molecule has 2 aromatic heterocycles. The van der Waals surface area contributed by atoms with Crippen LogP contribution in [0, 0.1) is 13.8 Å². The topological polar surface area (TPSA) is 43.6 Å². The number of aryl methyl sites for hydroxylation is 2. The molecule has 2 rings (SSSR count). The maximum Gasteiger partial charge on any atom is 0.187 e. The van der Waals surface area contributed by atoms with Crippen LogP contribution in [0.4, 0.5) is 0 Å². The molecule has 0 aromatic carbocycles. The molecule has 68 valence electrons. The van der Waals surface area contributed by atoms with E-state index in [2.05, 4.69) is 27.9 Å². The van der Waals surface area contributed by atoms with Crippen LogP contribution in [0.25, 0.3) is 11.0 Å². The van der Waals surface area contributed by atoms with Crippen LogP contribution in [-0.2, 0) is 0 Å². The van der Waals surface area contributed by atoms with Crippen molar-refractivity contribution in [3.63, 3.8) is 0 Å². The molecular formula is C7H7ClN4S. The minimum absolute atomic E-state index is 0.431. The van der Waals surface area contributed by atoms with Crippen molar-refractivity contribution in [3.05, 3.63) is 16.7 Å². The molecule has 0 aliphatic carbocycles. The smallest absolute Gasteiger partial charge is 0.187 e. The Kier molecular flexibility index (Phi) is 1.92. The molecule has 0 radical (unpaired) electrons. The van der Waals surface area contributed by atoms with Crippen molar-refractivity contribution in [2.45, 2.75) is 13.8 Å². The van der Waals surface area contributed by atoms with Crippen LogP contribution in [0.2, 0.25) is 5.15 Å². The van der Waals surface area contributed by atoms with E-state index >= 15 is 0 Å². The van der Waals surface area contributed by atoms with Gasteiger partial charge in [0.15, 0.2) is 5.65 Å². The summed E-state index contributed by atoms with van der Waals surface area (Å²) in [5.74, 6) is 0.615. The van der Waals surface area contributed by atoms with Crippen molar-refractivity contribution < 1.29 is 0 Å². The Labute approximate surface area is 85.5 Å². The van der Waals surface area contributed by atoms with E-state index in [9.17, 15) is 0 Å². The molecule has 0 aliphatic rings. The highest BCUT2D eigenvalue weighted by Gasteiger charge is 2.11. The first-order valence-corrected chi connectivity index (χ1v) is 4.46.